The second-order valence-electron chi connectivity index (χ2n) is 5.22. The SMILES string of the molecule is COC(=O)C1CC2CCCCC2C(SC)C1Cl. The van der Waals surface area contributed by atoms with E-state index in [1.54, 1.807) is 0 Å². The number of esters is 1. The lowest BCUT2D eigenvalue weighted by Crippen LogP contribution is -2.47. The number of alkyl halides is 1. The monoisotopic (exact) mass is 276 g/mol. The maximum Gasteiger partial charge on any atom is 0.310 e. The zero-order chi connectivity index (χ0) is 12.4. The minimum absolute atomic E-state index is 0.0585. The summed E-state index contributed by atoms with van der Waals surface area (Å²) >= 11 is 8.35. The Labute approximate surface area is 113 Å². The molecule has 17 heavy (non-hydrogen) atoms. The normalized spacial score (nSPS) is 41.7. The van der Waals surface area contributed by atoms with E-state index >= 15 is 0 Å². The van der Waals surface area contributed by atoms with Gasteiger partial charge in [0.2, 0.25) is 0 Å². The van der Waals surface area contributed by atoms with Crippen molar-refractivity contribution in [2.75, 3.05) is 13.4 Å². The first-order valence-electron chi connectivity index (χ1n) is 6.43. The van der Waals surface area contributed by atoms with Gasteiger partial charge in [0.05, 0.1) is 18.4 Å². The first-order valence-corrected chi connectivity index (χ1v) is 8.16. The van der Waals surface area contributed by atoms with Gasteiger partial charge in [-0.05, 0) is 30.9 Å². The van der Waals surface area contributed by atoms with Crippen molar-refractivity contribution in [2.24, 2.45) is 17.8 Å². The summed E-state index contributed by atoms with van der Waals surface area (Å²) in [6.45, 7) is 0. The van der Waals surface area contributed by atoms with Gasteiger partial charge in [-0.3, -0.25) is 4.79 Å². The minimum atomic E-state index is -0.118. The van der Waals surface area contributed by atoms with Crippen LogP contribution in [0.2, 0.25) is 0 Å². The van der Waals surface area contributed by atoms with Crippen LogP contribution in [0.4, 0.5) is 0 Å². The molecule has 98 valence electrons. The summed E-state index contributed by atoms with van der Waals surface area (Å²) in [4.78, 5) is 11.8. The lowest BCUT2D eigenvalue weighted by atomic mass is 9.67. The molecule has 0 aliphatic heterocycles. The molecule has 0 aromatic heterocycles. The predicted molar refractivity (Wildman–Crippen MR) is 72.5 cm³/mol. The second-order valence-corrected chi connectivity index (χ2v) is 6.74. The highest BCUT2D eigenvalue weighted by Crippen LogP contribution is 2.48. The van der Waals surface area contributed by atoms with Gasteiger partial charge in [0, 0.05) is 5.25 Å². The van der Waals surface area contributed by atoms with E-state index in [-0.39, 0.29) is 17.3 Å². The van der Waals surface area contributed by atoms with Crippen LogP contribution in [-0.4, -0.2) is 30.0 Å². The largest absolute Gasteiger partial charge is 0.469 e. The summed E-state index contributed by atoms with van der Waals surface area (Å²) in [7, 11) is 1.47. The van der Waals surface area contributed by atoms with Gasteiger partial charge in [-0.25, -0.2) is 0 Å². The van der Waals surface area contributed by atoms with Gasteiger partial charge in [-0.2, -0.15) is 11.8 Å². The van der Waals surface area contributed by atoms with Crippen molar-refractivity contribution in [3.05, 3.63) is 0 Å². The van der Waals surface area contributed by atoms with Crippen LogP contribution >= 0.6 is 23.4 Å². The molecule has 2 aliphatic rings. The second kappa shape index (κ2) is 5.83. The maximum absolute atomic E-state index is 11.8. The zero-order valence-electron chi connectivity index (χ0n) is 10.5. The van der Waals surface area contributed by atoms with E-state index in [2.05, 4.69) is 6.26 Å². The molecule has 2 aliphatic carbocycles. The standard InChI is InChI=1S/C13H21ClO2S/c1-16-13(15)10-7-8-5-3-4-6-9(8)12(17-2)11(10)14/h8-12H,3-7H2,1-2H3. The lowest BCUT2D eigenvalue weighted by molar-refractivity contribution is -0.147. The summed E-state index contributed by atoms with van der Waals surface area (Å²) in [5.74, 6) is 1.17. The van der Waals surface area contributed by atoms with Crippen molar-refractivity contribution in [3.63, 3.8) is 0 Å². The van der Waals surface area contributed by atoms with Crippen LogP contribution < -0.4 is 0 Å². The third-order valence-corrected chi connectivity index (χ3v) is 6.33. The van der Waals surface area contributed by atoms with Crippen molar-refractivity contribution in [2.45, 2.75) is 42.7 Å². The zero-order valence-corrected chi connectivity index (χ0v) is 12.1. The Morgan fingerprint density at radius 3 is 2.71 bits per heavy atom. The van der Waals surface area contributed by atoms with Crippen LogP contribution in [0.3, 0.4) is 0 Å². The molecule has 0 aromatic carbocycles. The molecule has 4 heteroatoms. The number of methoxy groups -OCH3 is 1. The van der Waals surface area contributed by atoms with Crippen LogP contribution in [0, 0.1) is 17.8 Å². The van der Waals surface area contributed by atoms with Gasteiger partial charge in [0.15, 0.2) is 0 Å². The molecule has 2 rings (SSSR count). The number of carbonyl (C=O) groups is 1. The van der Waals surface area contributed by atoms with E-state index in [0.717, 1.165) is 6.42 Å². The smallest absolute Gasteiger partial charge is 0.310 e. The highest BCUT2D eigenvalue weighted by molar-refractivity contribution is 7.99. The van der Waals surface area contributed by atoms with Gasteiger partial charge >= 0.3 is 5.97 Å². The number of thioether (sulfide) groups is 1. The fraction of sp³-hybridized carbons (Fsp3) is 0.923. The van der Waals surface area contributed by atoms with Crippen molar-refractivity contribution in [1.82, 2.24) is 0 Å². The van der Waals surface area contributed by atoms with Crippen molar-refractivity contribution in [1.29, 1.82) is 0 Å². The van der Waals surface area contributed by atoms with Crippen LogP contribution in [-0.2, 0) is 9.53 Å². The highest BCUT2D eigenvalue weighted by Gasteiger charge is 2.47. The molecule has 2 saturated carbocycles. The van der Waals surface area contributed by atoms with E-state index in [1.165, 1.54) is 32.8 Å². The van der Waals surface area contributed by atoms with Crippen LogP contribution in [0.1, 0.15) is 32.1 Å². The number of hydrogen-bond acceptors (Lipinski definition) is 3. The number of hydrogen-bond donors (Lipinski definition) is 0. The maximum atomic E-state index is 11.8. The summed E-state index contributed by atoms with van der Waals surface area (Å²) in [6, 6.07) is 0. The Balaban J connectivity index is 2.15. The number of ether oxygens (including phenoxy) is 1. The lowest BCUT2D eigenvalue weighted by Gasteiger charge is -2.45. The first-order chi connectivity index (χ1) is 8.19. The van der Waals surface area contributed by atoms with Gasteiger partial charge < -0.3 is 4.74 Å². The molecule has 0 radical (unpaired) electrons. The summed E-state index contributed by atoms with van der Waals surface area (Å²) < 4.78 is 4.90. The Hall–Kier alpha value is 0.110. The van der Waals surface area contributed by atoms with Gasteiger partial charge in [-0.1, -0.05) is 19.3 Å². The number of fused-ring (bicyclic) bond motifs is 1. The molecule has 0 spiro atoms. The molecule has 2 fully saturated rings. The van der Waals surface area contributed by atoms with Crippen LogP contribution in [0.15, 0.2) is 0 Å². The molecule has 0 heterocycles. The topological polar surface area (TPSA) is 26.3 Å². The molecule has 0 N–H and O–H groups in total. The fourth-order valence-corrected chi connectivity index (χ4v) is 5.42. The Kier molecular flexibility index (Phi) is 4.65. The van der Waals surface area contributed by atoms with Crippen molar-refractivity contribution >= 4 is 29.3 Å². The third-order valence-electron chi connectivity index (χ3n) is 4.42. The molecule has 5 unspecified atom stereocenters. The fourth-order valence-electron chi connectivity index (χ4n) is 3.57. The van der Waals surface area contributed by atoms with E-state index in [9.17, 15) is 4.79 Å². The number of carbonyl (C=O) groups excluding carboxylic acids is 1. The molecule has 0 amide bonds. The van der Waals surface area contributed by atoms with Crippen LogP contribution in [0.5, 0.6) is 0 Å². The molecule has 0 bridgehead atoms. The number of rotatable bonds is 2. The third kappa shape index (κ3) is 2.60. The molecular weight excluding hydrogens is 256 g/mol. The van der Waals surface area contributed by atoms with E-state index < -0.39 is 0 Å². The average molecular weight is 277 g/mol. The Bertz CT molecular complexity index is 285. The first kappa shape index (κ1) is 13.5. The highest BCUT2D eigenvalue weighted by atomic mass is 35.5. The number of halogens is 1. The van der Waals surface area contributed by atoms with E-state index in [0.29, 0.717) is 17.1 Å². The van der Waals surface area contributed by atoms with E-state index in [4.69, 9.17) is 16.3 Å². The summed E-state index contributed by atoms with van der Waals surface area (Å²) in [6.07, 6.45) is 8.23. The van der Waals surface area contributed by atoms with Gasteiger partial charge in [0.25, 0.3) is 0 Å². The molecule has 2 nitrogen and oxygen atoms in total. The Morgan fingerprint density at radius 2 is 2.06 bits per heavy atom. The minimum Gasteiger partial charge on any atom is -0.469 e. The predicted octanol–water partition coefficient (Wildman–Crippen LogP) is 3.32. The Morgan fingerprint density at radius 1 is 1.35 bits per heavy atom. The average Bonchev–Trinajstić information content (AvgIpc) is 2.37. The van der Waals surface area contributed by atoms with Gasteiger partial charge in [0.1, 0.15) is 0 Å². The van der Waals surface area contributed by atoms with Gasteiger partial charge in [-0.15, -0.1) is 11.6 Å². The van der Waals surface area contributed by atoms with Crippen LogP contribution in [0.25, 0.3) is 0 Å². The quantitative estimate of drug-likeness (QED) is 0.572. The van der Waals surface area contributed by atoms with E-state index in [1.807, 2.05) is 11.8 Å². The summed E-state index contributed by atoms with van der Waals surface area (Å²) in [5, 5.41) is 0.358. The van der Waals surface area contributed by atoms with Crippen molar-refractivity contribution in [3.8, 4) is 0 Å². The molecular formula is C13H21ClO2S. The van der Waals surface area contributed by atoms with Crippen molar-refractivity contribution < 1.29 is 9.53 Å². The molecule has 0 saturated heterocycles. The molecule has 0 aromatic rings. The summed E-state index contributed by atoms with van der Waals surface area (Å²) in [5.41, 5.74) is 0. The molecule has 5 atom stereocenters.